The van der Waals surface area contributed by atoms with Crippen molar-refractivity contribution in [3.63, 3.8) is 0 Å². The van der Waals surface area contributed by atoms with Crippen LogP contribution in [0.25, 0.3) is 0 Å². The summed E-state index contributed by atoms with van der Waals surface area (Å²) in [5.74, 6) is 1.14. The van der Waals surface area contributed by atoms with Crippen molar-refractivity contribution in [1.82, 2.24) is 0 Å². The lowest BCUT2D eigenvalue weighted by atomic mass is 9.81. The van der Waals surface area contributed by atoms with E-state index in [0.717, 1.165) is 32.1 Å². The second-order valence-corrected chi connectivity index (χ2v) is 5.55. The van der Waals surface area contributed by atoms with Crippen molar-refractivity contribution in [2.24, 2.45) is 17.6 Å². The van der Waals surface area contributed by atoms with Gasteiger partial charge >= 0.3 is 0 Å². The molecule has 0 aromatic rings. The highest BCUT2D eigenvalue weighted by Crippen LogP contribution is 2.28. The van der Waals surface area contributed by atoms with Crippen molar-refractivity contribution in [3.8, 4) is 0 Å². The van der Waals surface area contributed by atoms with Gasteiger partial charge in [-0.1, -0.05) is 32.6 Å². The third-order valence-electron chi connectivity index (χ3n) is 3.79. The van der Waals surface area contributed by atoms with Gasteiger partial charge in [-0.2, -0.15) is 0 Å². The molecule has 1 aliphatic rings. The van der Waals surface area contributed by atoms with Crippen molar-refractivity contribution in [3.05, 3.63) is 0 Å². The van der Waals surface area contributed by atoms with Gasteiger partial charge in [-0.05, 0) is 32.6 Å². The molecule has 16 heavy (non-hydrogen) atoms. The van der Waals surface area contributed by atoms with Crippen LogP contribution in [-0.4, -0.2) is 11.8 Å². The second-order valence-electron chi connectivity index (χ2n) is 5.55. The predicted molar refractivity (Wildman–Crippen MR) is 68.2 cm³/mol. The summed E-state index contributed by atoms with van der Waals surface area (Å²) < 4.78 is 0. The minimum absolute atomic E-state index is 0.252. The number of hydrogen-bond acceptors (Lipinski definition) is 2. The van der Waals surface area contributed by atoms with Crippen LogP contribution < -0.4 is 5.73 Å². The number of carbonyl (C=O) groups is 1. The minimum atomic E-state index is 0.252. The molecule has 0 aromatic heterocycles. The van der Waals surface area contributed by atoms with E-state index in [1.807, 2.05) is 6.92 Å². The Labute approximate surface area is 100.0 Å². The Hall–Kier alpha value is -0.370. The topological polar surface area (TPSA) is 43.1 Å². The van der Waals surface area contributed by atoms with Crippen LogP contribution in [0.5, 0.6) is 0 Å². The summed E-state index contributed by atoms with van der Waals surface area (Å²) in [5, 5.41) is 0. The van der Waals surface area contributed by atoms with Crippen molar-refractivity contribution < 1.29 is 4.79 Å². The lowest BCUT2D eigenvalue weighted by Gasteiger charge is -2.23. The van der Waals surface area contributed by atoms with E-state index in [1.54, 1.807) is 0 Å². The Morgan fingerprint density at radius 2 is 1.81 bits per heavy atom. The number of Topliss-reactive ketones (excluding diaryl/α,β-unsaturated/α-hetero) is 1. The quantitative estimate of drug-likeness (QED) is 0.753. The maximum atomic E-state index is 12.1. The lowest BCUT2D eigenvalue weighted by molar-refractivity contribution is -0.127. The SMILES string of the molecule is CC(N)CCCC(C)C(=O)C1CCCCC1. The molecular weight excluding hydrogens is 198 g/mol. The van der Waals surface area contributed by atoms with Crippen LogP contribution in [0.2, 0.25) is 0 Å². The van der Waals surface area contributed by atoms with Gasteiger partial charge in [0.25, 0.3) is 0 Å². The molecule has 0 saturated heterocycles. The molecule has 0 amide bonds. The predicted octanol–water partition coefficient (Wildman–Crippen LogP) is 3.29. The van der Waals surface area contributed by atoms with Gasteiger partial charge in [-0.25, -0.2) is 0 Å². The number of carbonyl (C=O) groups excluding carboxylic acids is 1. The van der Waals surface area contributed by atoms with Gasteiger partial charge in [-0.15, -0.1) is 0 Å². The highest BCUT2D eigenvalue weighted by molar-refractivity contribution is 5.83. The molecule has 94 valence electrons. The summed E-state index contributed by atoms with van der Waals surface area (Å²) in [5.41, 5.74) is 5.71. The summed E-state index contributed by atoms with van der Waals surface area (Å²) in [7, 11) is 0. The molecule has 1 rings (SSSR count). The highest BCUT2D eigenvalue weighted by atomic mass is 16.1. The van der Waals surface area contributed by atoms with Crippen LogP contribution in [0, 0.1) is 11.8 Å². The lowest BCUT2D eigenvalue weighted by Crippen LogP contribution is -2.24. The third kappa shape index (κ3) is 4.65. The number of rotatable bonds is 6. The third-order valence-corrected chi connectivity index (χ3v) is 3.79. The average molecular weight is 225 g/mol. The Balaban J connectivity index is 2.23. The van der Waals surface area contributed by atoms with Gasteiger partial charge in [0.2, 0.25) is 0 Å². The Bertz CT molecular complexity index is 207. The van der Waals surface area contributed by atoms with E-state index in [1.165, 1.54) is 19.3 Å². The summed E-state index contributed by atoms with van der Waals surface area (Å²) >= 11 is 0. The van der Waals surface area contributed by atoms with Crippen LogP contribution in [0.15, 0.2) is 0 Å². The molecule has 0 heterocycles. The fourth-order valence-electron chi connectivity index (χ4n) is 2.68. The molecule has 0 aromatic carbocycles. The second kappa shape index (κ2) is 7.05. The van der Waals surface area contributed by atoms with E-state index >= 15 is 0 Å². The molecule has 2 N–H and O–H groups in total. The molecule has 1 saturated carbocycles. The van der Waals surface area contributed by atoms with E-state index in [4.69, 9.17) is 5.73 Å². The smallest absolute Gasteiger partial charge is 0.138 e. The molecule has 0 bridgehead atoms. The molecule has 2 nitrogen and oxygen atoms in total. The van der Waals surface area contributed by atoms with E-state index in [0.29, 0.717) is 11.7 Å². The largest absolute Gasteiger partial charge is 0.328 e. The Kier molecular flexibility index (Phi) is 6.04. The van der Waals surface area contributed by atoms with Crippen LogP contribution in [0.1, 0.15) is 65.2 Å². The zero-order valence-electron chi connectivity index (χ0n) is 10.9. The number of hydrogen-bond donors (Lipinski definition) is 1. The van der Waals surface area contributed by atoms with E-state index in [9.17, 15) is 4.79 Å². The van der Waals surface area contributed by atoms with E-state index in [-0.39, 0.29) is 12.0 Å². The molecule has 1 fully saturated rings. The summed E-state index contributed by atoms with van der Waals surface area (Å²) in [6, 6.07) is 0.275. The summed E-state index contributed by atoms with van der Waals surface area (Å²) in [6.45, 7) is 4.13. The first-order chi connectivity index (χ1) is 7.61. The van der Waals surface area contributed by atoms with Gasteiger partial charge in [0, 0.05) is 17.9 Å². The Morgan fingerprint density at radius 3 is 2.38 bits per heavy atom. The van der Waals surface area contributed by atoms with Crippen molar-refractivity contribution in [2.75, 3.05) is 0 Å². The molecule has 2 heteroatoms. The van der Waals surface area contributed by atoms with Crippen molar-refractivity contribution >= 4 is 5.78 Å². The Morgan fingerprint density at radius 1 is 1.19 bits per heavy atom. The molecule has 0 aliphatic heterocycles. The normalized spacial score (nSPS) is 21.7. The van der Waals surface area contributed by atoms with Gasteiger partial charge in [-0.3, -0.25) is 4.79 Å². The number of nitrogens with two attached hydrogens (primary N) is 1. The van der Waals surface area contributed by atoms with Gasteiger partial charge in [0.05, 0.1) is 0 Å². The zero-order valence-corrected chi connectivity index (χ0v) is 10.9. The fraction of sp³-hybridized carbons (Fsp3) is 0.929. The van der Waals surface area contributed by atoms with Crippen LogP contribution in [0.3, 0.4) is 0 Å². The molecule has 0 spiro atoms. The molecular formula is C14H27NO. The minimum Gasteiger partial charge on any atom is -0.328 e. The van der Waals surface area contributed by atoms with Crippen molar-refractivity contribution in [2.45, 2.75) is 71.3 Å². The van der Waals surface area contributed by atoms with Crippen LogP contribution >= 0.6 is 0 Å². The first kappa shape index (κ1) is 13.7. The van der Waals surface area contributed by atoms with E-state index in [2.05, 4.69) is 6.92 Å². The first-order valence-electron chi connectivity index (χ1n) is 6.90. The summed E-state index contributed by atoms with van der Waals surface area (Å²) in [4.78, 5) is 12.1. The van der Waals surface area contributed by atoms with Gasteiger partial charge < -0.3 is 5.73 Å². The number of ketones is 1. The van der Waals surface area contributed by atoms with Crippen LogP contribution in [0.4, 0.5) is 0 Å². The molecule has 2 unspecified atom stereocenters. The maximum Gasteiger partial charge on any atom is 0.138 e. The van der Waals surface area contributed by atoms with E-state index < -0.39 is 0 Å². The van der Waals surface area contributed by atoms with Crippen LogP contribution in [-0.2, 0) is 4.79 Å². The molecule has 2 atom stereocenters. The standard InChI is InChI=1S/C14H27NO/c1-11(7-6-8-12(2)15)14(16)13-9-4-3-5-10-13/h11-13H,3-10,15H2,1-2H3. The molecule has 1 aliphatic carbocycles. The summed E-state index contributed by atoms with van der Waals surface area (Å²) in [6.07, 6.45) is 9.26. The maximum absolute atomic E-state index is 12.1. The zero-order chi connectivity index (χ0) is 12.0. The molecule has 0 radical (unpaired) electrons. The van der Waals surface area contributed by atoms with Gasteiger partial charge in [0.1, 0.15) is 5.78 Å². The fourth-order valence-corrected chi connectivity index (χ4v) is 2.68. The average Bonchev–Trinajstić information content (AvgIpc) is 2.28. The first-order valence-corrected chi connectivity index (χ1v) is 6.90. The van der Waals surface area contributed by atoms with Gasteiger partial charge in [0.15, 0.2) is 0 Å². The monoisotopic (exact) mass is 225 g/mol. The van der Waals surface area contributed by atoms with Crippen molar-refractivity contribution in [1.29, 1.82) is 0 Å². The highest BCUT2D eigenvalue weighted by Gasteiger charge is 2.24.